The largest absolute Gasteiger partial charge is 0.396 e. The van der Waals surface area contributed by atoms with Crippen LogP contribution < -0.4 is 0 Å². The number of rotatable bonds is 6. The van der Waals surface area contributed by atoms with Crippen molar-refractivity contribution >= 4 is 0 Å². The van der Waals surface area contributed by atoms with Gasteiger partial charge in [-0.15, -0.1) is 0 Å². The maximum absolute atomic E-state index is 14.8. The first-order valence-electron chi connectivity index (χ1n) is 11.1. The summed E-state index contributed by atoms with van der Waals surface area (Å²) < 4.78 is 14.8. The lowest BCUT2D eigenvalue weighted by Crippen LogP contribution is -2.25. The molecule has 3 aromatic carbocycles. The standard InChI is InChI=1S/C30H30FNO/c1-29(2,20-30(3,4)21-33)17-5-6-22-7-11-24(12-8-22)26-15-16-27(28(31)18-26)25-13-9-23(19-32)10-14-25/h7-16,18,33H,17,20-21H2,1-4H3. The van der Waals surface area contributed by atoms with E-state index < -0.39 is 0 Å². The Morgan fingerprint density at radius 1 is 0.788 bits per heavy atom. The summed E-state index contributed by atoms with van der Waals surface area (Å²) in [6.07, 6.45) is 1.65. The molecule has 0 aliphatic carbocycles. The van der Waals surface area contributed by atoms with Crippen molar-refractivity contribution in [1.82, 2.24) is 0 Å². The van der Waals surface area contributed by atoms with E-state index in [1.165, 1.54) is 0 Å². The molecule has 0 aliphatic rings. The summed E-state index contributed by atoms with van der Waals surface area (Å²) in [5.41, 5.74) is 4.37. The molecule has 33 heavy (non-hydrogen) atoms. The van der Waals surface area contributed by atoms with Crippen LogP contribution in [0.25, 0.3) is 22.3 Å². The number of benzene rings is 3. The summed E-state index contributed by atoms with van der Waals surface area (Å²) in [6, 6.07) is 22.0. The number of hydrogen-bond acceptors (Lipinski definition) is 2. The molecular weight excluding hydrogens is 409 g/mol. The van der Waals surface area contributed by atoms with Gasteiger partial charge in [0.1, 0.15) is 5.82 Å². The normalized spacial score (nSPS) is 11.4. The molecule has 0 heterocycles. The summed E-state index contributed by atoms with van der Waals surface area (Å²) in [7, 11) is 0. The van der Waals surface area contributed by atoms with Crippen molar-refractivity contribution in [3.63, 3.8) is 0 Å². The Morgan fingerprint density at radius 2 is 1.36 bits per heavy atom. The fourth-order valence-electron chi connectivity index (χ4n) is 4.20. The first-order valence-corrected chi connectivity index (χ1v) is 11.1. The third-order valence-corrected chi connectivity index (χ3v) is 5.70. The third-order valence-electron chi connectivity index (χ3n) is 5.70. The summed E-state index contributed by atoms with van der Waals surface area (Å²) in [4.78, 5) is 0. The fourth-order valence-corrected chi connectivity index (χ4v) is 4.20. The van der Waals surface area contributed by atoms with E-state index >= 15 is 0 Å². The highest BCUT2D eigenvalue weighted by molar-refractivity contribution is 5.71. The second kappa shape index (κ2) is 10.0. The minimum Gasteiger partial charge on any atom is -0.396 e. The molecule has 0 atom stereocenters. The quantitative estimate of drug-likeness (QED) is 0.413. The molecule has 0 fully saturated rings. The van der Waals surface area contributed by atoms with Gasteiger partial charge in [0.2, 0.25) is 0 Å². The fraction of sp³-hybridized carbons (Fsp3) is 0.300. The predicted octanol–water partition coefficient (Wildman–Crippen LogP) is 7.21. The first-order chi connectivity index (χ1) is 15.6. The molecule has 0 amide bonds. The smallest absolute Gasteiger partial charge is 0.131 e. The van der Waals surface area contributed by atoms with E-state index in [-0.39, 0.29) is 23.3 Å². The Morgan fingerprint density at radius 3 is 1.94 bits per heavy atom. The van der Waals surface area contributed by atoms with Crippen molar-refractivity contribution in [2.75, 3.05) is 6.61 Å². The maximum atomic E-state index is 14.8. The Balaban J connectivity index is 1.71. The molecule has 0 bridgehead atoms. The lowest BCUT2D eigenvalue weighted by molar-refractivity contribution is 0.105. The first kappa shape index (κ1) is 24.2. The number of aliphatic hydroxyl groups excluding tert-OH is 1. The lowest BCUT2D eigenvalue weighted by atomic mass is 9.74. The Hall–Kier alpha value is -3.40. The number of nitrogens with zero attached hydrogens (tertiary/aromatic N) is 1. The van der Waals surface area contributed by atoms with Gasteiger partial charge in [-0.3, -0.25) is 0 Å². The van der Waals surface area contributed by atoms with E-state index in [2.05, 4.69) is 45.6 Å². The maximum Gasteiger partial charge on any atom is 0.131 e. The number of halogens is 1. The highest BCUT2D eigenvalue weighted by atomic mass is 19.1. The molecule has 3 aromatic rings. The minimum absolute atomic E-state index is 0.0212. The second-order valence-corrected chi connectivity index (χ2v) is 10.1. The van der Waals surface area contributed by atoms with Gasteiger partial charge in [0.15, 0.2) is 0 Å². The van der Waals surface area contributed by atoms with Crippen LogP contribution in [0.4, 0.5) is 4.39 Å². The van der Waals surface area contributed by atoms with Gasteiger partial charge < -0.3 is 5.11 Å². The molecule has 1 N–H and O–H groups in total. The van der Waals surface area contributed by atoms with Gasteiger partial charge in [0.05, 0.1) is 11.6 Å². The van der Waals surface area contributed by atoms with Crippen LogP contribution in [0.2, 0.25) is 0 Å². The Labute approximate surface area is 196 Å². The van der Waals surface area contributed by atoms with Gasteiger partial charge in [-0.2, -0.15) is 5.26 Å². The number of hydrogen-bond donors (Lipinski definition) is 1. The molecule has 0 saturated carbocycles. The highest BCUT2D eigenvalue weighted by Gasteiger charge is 2.27. The molecule has 0 unspecified atom stereocenters. The van der Waals surface area contributed by atoms with Crippen LogP contribution in [0.5, 0.6) is 0 Å². The van der Waals surface area contributed by atoms with Gasteiger partial charge >= 0.3 is 0 Å². The second-order valence-electron chi connectivity index (χ2n) is 10.1. The molecule has 3 rings (SSSR count). The Bertz CT molecular complexity index is 1200. The van der Waals surface area contributed by atoms with Crippen LogP contribution >= 0.6 is 0 Å². The molecule has 0 saturated heterocycles. The summed E-state index contributed by atoms with van der Waals surface area (Å²) >= 11 is 0. The van der Waals surface area contributed by atoms with Gasteiger partial charge in [-0.05, 0) is 64.3 Å². The van der Waals surface area contributed by atoms with E-state index in [0.29, 0.717) is 11.1 Å². The molecule has 168 valence electrons. The molecule has 0 aromatic heterocycles. The van der Waals surface area contributed by atoms with Crippen LogP contribution in [0.15, 0.2) is 66.7 Å². The average molecular weight is 440 g/mol. The zero-order valence-electron chi connectivity index (χ0n) is 19.7. The van der Waals surface area contributed by atoms with Crippen molar-refractivity contribution in [3.8, 4) is 40.2 Å². The minimum atomic E-state index is -0.297. The van der Waals surface area contributed by atoms with Gasteiger partial charge in [-0.25, -0.2) is 4.39 Å². The summed E-state index contributed by atoms with van der Waals surface area (Å²) in [5, 5.41) is 18.4. The molecule has 3 heteroatoms. The molecule has 2 nitrogen and oxygen atoms in total. The molecule has 0 radical (unpaired) electrons. The molecule has 0 aliphatic heterocycles. The van der Waals surface area contributed by atoms with Crippen molar-refractivity contribution in [2.24, 2.45) is 10.8 Å². The van der Waals surface area contributed by atoms with E-state index in [0.717, 1.165) is 35.1 Å². The van der Waals surface area contributed by atoms with E-state index in [4.69, 9.17) is 5.26 Å². The zero-order valence-corrected chi connectivity index (χ0v) is 19.7. The SMILES string of the molecule is CC(C)(CO)CC(C)(C)CC#Cc1ccc(-c2ccc(-c3ccc(C#N)cc3)c(F)c2)cc1. The van der Waals surface area contributed by atoms with Gasteiger partial charge in [-0.1, -0.05) is 75.9 Å². The van der Waals surface area contributed by atoms with E-state index in [1.807, 2.05) is 30.3 Å². The van der Waals surface area contributed by atoms with Crippen LogP contribution in [0, 0.1) is 39.8 Å². The summed E-state index contributed by atoms with van der Waals surface area (Å²) in [6.45, 7) is 8.66. The van der Waals surface area contributed by atoms with Crippen molar-refractivity contribution in [2.45, 2.75) is 40.5 Å². The van der Waals surface area contributed by atoms with Gasteiger partial charge in [0, 0.05) is 24.2 Å². The lowest BCUT2D eigenvalue weighted by Gasteiger charge is -2.32. The molecular formula is C30H30FNO. The van der Waals surface area contributed by atoms with Crippen LogP contribution in [0.3, 0.4) is 0 Å². The van der Waals surface area contributed by atoms with Crippen LogP contribution in [-0.4, -0.2) is 11.7 Å². The van der Waals surface area contributed by atoms with E-state index in [1.54, 1.807) is 36.4 Å². The van der Waals surface area contributed by atoms with Crippen molar-refractivity contribution < 1.29 is 9.50 Å². The van der Waals surface area contributed by atoms with E-state index in [9.17, 15) is 9.50 Å². The predicted molar refractivity (Wildman–Crippen MR) is 133 cm³/mol. The van der Waals surface area contributed by atoms with Crippen LogP contribution in [0.1, 0.15) is 51.7 Å². The van der Waals surface area contributed by atoms with Crippen LogP contribution in [-0.2, 0) is 0 Å². The monoisotopic (exact) mass is 439 g/mol. The van der Waals surface area contributed by atoms with Gasteiger partial charge in [0.25, 0.3) is 0 Å². The molecule has 0 spiro atoms. The highest BCUT2D eigenvalue weighted by Crippen LogP contribution is 2.35. The third kappa shape index (κ3) is 6.55. The number of aliphatic hydroxyl groups is 1. The Kier molecular flexibility index (Phi) is 7.37. The van der Waals surface area contributed by atoms with Crippen molar-refractivity contribution in [3.05, 3.63) is 83.7 Å². The zero-order chi connectivity index (χ0) is 24.1. The topological polar surface area (TPSA) is 44.0 Å². The number of nitriles is 1. The van der Waals surface area contributed by atoms with Crippen molar-refractivity contribution in [1.29, 1.82) is 5.26 Å². The average Bonchev–Trinajstić information content (AvgIpc) is 2.79. The summed E-state index contributed by atoms with van der Waals surface area (Å²) in [5.74, 6) is 6.21.